The average molecular weight is 224 g/mol. The molecule has 0 unspecified atom stereocenters. The fourth-order valence-corrected chi connectivity index (χ4v) is 1.51. The van der Waals surface area contributed by atoms with E-state index in [4.69, 9.17) is 21.1 Å². The number of aliphatic hydroxyl groups excluding tert-OH is 1. The minimum atomic E-state index is 0.0640. The summed E-state index contributed by atoms with van der Waals surface area (Å²) in [5.41, 5.74) is 1.50. The molecule has 0 saturated heterocycles. The molecular formula is C11H10ClNO2. The van der Waals surface area contributed by atoms with Crippen LogP contribution in [0, 0.1) is 0 Å². The summed E-state index contributed by atoms with van der Waals surface area (Å²) in [6, 6.07) is 7.35. The van der Waals surface area contributed by atoms with Gasteiger partial charge in [-0.2, -0.15) is 0 Å². The minimum Gasteiger partial charge on any atom is -0.444 e. The SMILES string of the molecule is OCCc1coc(-c2ccccc2Cl)n1. The van der Waals surface area contributed by atoms with Gasteiger partial charge in [-0.3, -0.25) is 0 Å². The largest absolute Gasteiger partial charge is 0.444 e. The van der Waals surface area contributed by atoms with Crippen LogP contribution in [0.1, 0.15) is 5.69 Å². The number of hydrogen-bond donors (Lipinski definition) is 1. The Hall–Kier alpha value is -1.32. The van der Waals surface area contributed by atoms with Crippen LogP contribution in [0.25, 0.3) is 11.5 Å². The molecule has 1 aromatic carbocycles. The maximum Gasteiger partial charge on any atom is 0.227 e. The van der Waals surface area contributed by atoms with Gasteiger partial charge in [0.1, 0.15) is 6.26 Å². The molecule has 2 rings (SSSR count). The van der Waals surface area contributed by atoms with Gasteiger partial charge in [0.2, 0.25) is 5.89 Å². The van der Waals surface area contributed by atoms with Gasteiger partial charge < -0.3 is 9.52 Å². The molecule has 0 atom stereocenters. The minimum absolute atomic E-state index is 0.0640. The lowest BCUT2D eigenvalue weighted by molar-refractivity contribution is 0.298. The van der Waals surface area contributed by atoms with E-state index in [0.29, 0.717) is 17.3 Å². The molecule has 15 heavy (non-hydrogen) atoms. The summed E-state index contributed by atoms with van der Waals surface area (Å²) in [7, 11) is 0. The van der Waals surface area contributed by atoms with Crippen LogP contribution in [0.4, 0.5) is 0 Å². The topological polar surface area (TPSA) is 46.3 Å². The quantitative estimate of drug-likeness (QED) is 0.870. The first-order valence-electron chi connectivity index (χ1n) is 4.61. The number of benzene rings is 1. The predicted molar refractivity (Wildman–Crippen MR) is 57.7 cm³/mol. The summed E-state index contributed by atoms with van der Waals surface area (Å²) < 4.78 is 5.28. The number of aliphatic hydroxyl groups is 1. The van der Waals surface area contributed by atoms with Crippen molar-refractivity contribution in [1.82, 2.24) is 4.98 Å². The Morgan fingerprint density at radius 3 is 2.87 bits per heavy atom. The number of nitrogens with zero attached hydrogens (tertiary/aromatic N) is 1. The highest BCUT2D eigenvalue weighted by atomic mass is 35.5. The highest BCUT2D eigenvalue weighted by Crippen LogP contribution is 2.26. The van der Waals surface area contributed by atoms with E-state index in [1.807, 2.05) is 18.2 Å². The Morgan fingerprint density at radius 1 is 1.33 bits per heavy atom. The summed E-state index contributed by atoms with van der Waals surface area (Å²) in [4.78, 5) is 4.22. The number of halogens is 1. The predicted octanol–water partition coefficient (Wildman–Crippen LogP) is 2.53. The highest BCUT2D eigenvalue weighted by molar-refractivity contribution is 6.33. The van der Waals surface area contributed by atoms with Crippen LogP contribution < -0.4 is 0 Å². The maximum absolute atomic E-state index is 8.75. The summed E-state index contributed by atoms with van der Waals surface area (Å²) >= 11 is 6.00. The molecule has 0 radical (unpaired) electrons. The molecule has 0 spiro atoms. The molecule has 0 fully saturated rings. The number of oxazole rings is 1. The van der Waals surface area contributed by atoms with E-state index in [1.54, 1.807) is 6.07 Å². The third-order valence-electron chi connectivity index (χ3n) is 2.02. The Balaban J connectivity index is 2.33. The van der Waals surface area contributed by atoms with Crippen molar-refractivity contribution in [2.75, 3.05) is 6.61 Å². The molecule has 78 valence electrons. The Bertz CT molecular complexity index is 453. The Labute approximate surface area is 92.3 Å². The number of rotatable bonds is 3. The fraction of sp³-hybridized carbons (Fsp3) is 0.182. The van der Waals surface area contributed by atoms with Crippen LogP contribution in [0.3, 0.4) is 0 Å². The van der Waals surface area contributed by atoms with Crippen LogP contribution in [-0.4, -0.2) is 16.7 Å². The Morgan fingerprint density at radius 2 is 2.13 bits per heavy atom. The zero-order chi connectivity index (χ0) is 10.7. The van der Waals surface area contributed by atoms with Crippen LogP contribution in [0.2, 0.25) is 5.02 Å². The third kappa shape index (κ3) is 2.19. The van der Waals surface area contributed by atoms with E-state index in [1.165, 1.54) is 6.26 Å². The van der Waals surface area contributed by atoms with Gasteiger partial charge in [0.25, 0.3) is 0 Å². The monoisotopic (exact) mass is 223 g/mol. The fourth-order valence-electron chi connectivity index (χ4n) is 1.29. The zero-order valence-corrected chi connectivity index (χ0v) is 8.74. The van der Waals surface area contributed by atoms with Crippen LogP contribution in [0.15, 0.2) is 34.9 Å². The van der Waals surface area contributed by atoms with Gasteiger partial charge in [-0.25, -0.2) is 4.98 Å². The lowest BCUT2D eigenvalue weighted by Gasteiger charge is -1.96. The molecule has 2 aromatic rings. The van der Waals surface area contributed by atoms with Crippen molar-refractivity contribution < 1.29 is 9.52 Å². The summed E-state index contributed by atoms with van der Waals surface area (Å²) in [6.45, 7) is 0.0640. The molecule has 1 N–H and O–H groups in total. The first kappa shape index (κ1) is 10.2. The van der Waals surface area contributed by atoms with Crippen molar-refractivity contribution in [3.63, 3.8) is 0 Å². The maximum atomic E-state index is 8.75. The van der Waals surface area contributed by atoms with Crippen molar-refractivity contribution >= 4 is 11.6 Å². The molecule has 1 aromatic heterocycles. The van der Waals surface area contributed by atoms with Gasteiger partial charge >= 0.3 is 0 Å². The number of aromatic nitrogens is 1. The first-order chi connectivity index (χ1) is 7.31. The van der Waals surface area contributed by atoms with Crippen molar-refractivity contribution in [2.45, 2.75) is 6.42 Å². The second kappa shape index (κ2) is 4.47. The van der Waals surface area contributed by atoms with E-state index in [0.717, 1.165) is 11.3 Å². The molecule has 0 aliphatic rings. The zero-order valence-electron chi connectivity index (χ0n) is 7.98. The highest BCUT2D eigenvalue weighted by Gasteiger charge is 2.09. The van der Waals surface area contributed by atoms with Crippen LogP contribution >= 0.6 is 11.6 Å². The van der Waals surface area contributed by atoms with E-state index in [-0.39, 0.29) is 6.61 Å². The molecule has 0 saturated carbocycles. The number of hydrogen-bond acceptors (Lipinski definition) is 3. The van der Waals surface area contributed by atoms with Crippen molar-refractivity contribution in [3.8, 4) is 11.5 Å². The smallest absolute Gasteiger partial charge is 0.227 e. The summed E-state index contributed by atoms with van der Waals surface area (Å²) in [5, 5.41) is 9.35. The molecule has 0 bridgehead atoms. The summed E-state index contributed by atoms with van der Waals surface area (Å²) in [6.07, 6.45) is 2.03. The van der Waals surface area contributed by atoms with E-state index in [2.05, 4.69) is 4.98 Å². The summed E-state index contributed by atoms with van der Waals surface area (Å²) in [5.74, 6) is 0.490. The van der Waals surface area contributed by atoms with Gasteiger partial charge in [0, 0.05) is 13.0 Å². The van der Waals surface area contributed by atoms with Gasteiger partial charge in [0.15, 0.2) is 0 Å². The van der Waals surface area contributed by atoms with Gasteiger partial charge in [-0.15, -0.1) is 0 Å². The van der Waals surface area contributed by atoms with Gasteiger partial charge in [0.05, 0.1) is 16.3 Å². The second-order valence-electron chi connectivity index (χ2n) is 3.10. The molecule has 0 aliphatic carbocycles. The molecule has 1 heterocycles. The molecule has 0 amide bonds. The van der Waals surface area contributed by atoms with Crippen LogP contribution in [-0.2, 0) is 6.42 Å². The van der Waals surface area contributed by atoms with Crippen LogP contribution in [0.5, 0.6) is 0 Å². The van der Waals surface area contributed by atoms with Crippen molar-refractivity contribution in [2.24, 2.45) is 0 Å². The Kier molecular flexibility index (Phi) is 3.04. The van der Waals surface area contributed by atoms with Gasteiger partial charge in [-0.1, -0.05) is 23.7 Å². The molecular weight excluding hydrogens is 214 g/mol. The molecule has 0 aliphatic heterocycles. The molecule has 4 heteroatoms. The lowest BCUT2D eigenvalue weighted by Crippen LogP contribution is -1.90. The first-order valence-corrected chi connectivity index (χ1v) is 4.99. The third-order valence-corrected chi connectivity index (χ3v) is 2.35. The normalized spacial score (nSPS) is 10.5. The van der Waals surface area contributed by atoms with Crippen molar-refractivity contribution in [1.29, 1.82) is 0 Å². The lowest BCUT2D eigenvalue weighted by atomic mass is 10.2. The van der Waals surface area contributed by atoms with E-state index in [9.17, 15) is 0 Å². The van der Waals surface area contributed by atoms with E-state index >= 15 is 0 Å². The van der Waals surface area contributed by atoms with Crippen molar-refractivity contribution in [3.05, 3.63) is 41.2 Å². The standard InChI is InChI=1S/C11H10ClNO2/c12-10-4-2-1-3-9(10)11-13-8(5-6-14)7-15-11/h1-4,7,14H,5-6H2. The second-order valence-corrected chi connectivity index (χ2v) is 3.50. The molecule has 3 nitrogen and oxygen atoms in total. The van der Waals surface area contributed by atoms with Gasteiger partial charge in [-0.05, 0) is 12.1 Å². The van der Waals surface area contributed by atoms with E-state index < -0.39 is 0 Å². The average Bonchev–Trinajstić information content (AvgIpc) is 2.68.